The Morgan fingerprint density at radius 1 is 1.67 bits per heavy atom. The molecule has 2 atom stereocenters. The maximum atomic E-state index is 10.8. The van der Waals surface area contributed by atoms with Gasteiger partial charge in [-0.1, -0.05) is 0 Å². The number of fused-ring (bicyclic) bond motifs is 1. The number of hydrogen-bond donors (Lipinski definition) is 1. The summed E-state index contributed by atoms with van der Waals surface area (Å²) in [4.78, 5) is 22.6. The highest BCUT2D eigenvalue weighted by Gasteiger charge is 2.46. The molecule has 2 heterocycles. The molecule has 0 saturated carbocycles. The number of esters is 1. The van der Waals surface area contributed by atoms with Crippen molar-refractivity contribution in [2.75, 3.05) is 13.1 Å². The highest BCUT2D eigenvalue weighted by molar-refractivity contribution is 5.80. The number of ether oxygens (including phenoxy) is 1. The van der Waals surface area contributed by atoms with Gasteiger partial charge in [-0.2, -0.15) is 0 Å². The van der Waals surface area contributed by atoms with Crippen LogP contribution in [0.1, 0.15) is 6.42 Å². The minimum Gasteiger partial charge on any atom is -0.465 e. The Bertz CT molecular complexity index is 232. The van der Waals surface area contributed by atoms with Crippen molar-refractivity contribution in [1.29, 1.82) is 0 Å². The van der Waals surface area contributed by atoms with Crippen LogP contribution in [-0.2, 0) is 9.53 Å². The Labute approximate surface area is 68.9 Å². The fourth-order valence-corrected chi connectivity index (χ4v) is 1.64. The number of amides is 1. The van der Waals surface area contributed by atoms with Gasteiger partial charge in [0, 0.05) is 19.5 Å². The van der Waals surface area contributed by atoms with E-state index in [0.717, 1.165) is 0 Å². The summed E-state index contributed by atoms with van der Waals surface area (Å²) in [6, 6.07) is 0. The molecule has 0 aromatic heterocycles. The van der Waals surface area contributed by atoms with Crippen LogP contribution in [0.15, 0.2) is 0 Å². The number of carbonyl (C=O) groups excluding carboxylic acids is 1. The van der Waals surface area contributed by atoms with Gasteiger partial charge >= 0.3 is 12.1 Å². The van der Waals surface area contributed by atoms with E-state index in [-0.39, 0.29) is 18.0 Å². The minimum atomic E-state index is -0.951. The summed E-state index contributed by atoms with van der Waals surface area (Å²) in [6.45, 7) is 0.780. The molecule has 2 rings (SSSR count). The van der Waals surface area contributed by atoms with E-state index < -0.39 is 6.09 Å². The maximum Gasteiger partial charge on any atom is 0.407 e. The van der Waals surface area contributed by atoms with Gasteiger partial charge in [-0.05, 0) is 0 Å². The first-order valence-electron chi connectivity index (χ1n) is 3.87. The van der Waals surface area contributed by atoms with Crippen molar-refractivity contribution in [3.05, 3.63) is 0 Å². The van der Waals surface area contributed by atoms with E-state index in [9.17, 15) is 9.59 Å². The van der Waals surface area contributed by atoms with E-state index in [0.29, 0.717) is 19.5 Å². The predicted octanol–water partition coefficient (Wildman–Crippen LogP) is -0.0883. The number of hydrogen-bond acceptors (Lipinski definition) is 3. The van der Waals surface area contributed by atoms with E-state index >= 15 is 0 Å². The Balaban J connectivity index is 2.00. The standard InChI is InChI=1S/C7H9NO4/c9-6-4-3-8(7(10)11)2-1-5(4)12-6/h4-5H,1-3H2,(H,10,11)/t4-,5+/m0/s1. The van der Waals surface area contributed by atoms with Gasteiger partial charge in [0.15, 0.2) is 0 Å². The number of rotatable bonds is 0. The van der Waals surface area contributed by atoms with Crippen molar-refractivity contribution >= 4 is 12.1 Å². The van der Waals surface area contributed by atoms with Crippen LogP contribution in [0.3, 0.4) is 0 Å². The van der Waals surface area contributed by atoms with Gasteiger partial charge in [0.1, 0.15) is 12.0 Å². The first kappa shape index (κ1) is 7.39. The van der Waals surface area contributed by atoms with Gasteiger partial charge in [0.05, 0.1) is 0 Å². The van der Waals surface area contributed by atoms with Crippen molar-refractivity contribution in [3.63, 3.8) is 0 Å². The van der Waals surface area contributed by atoms with Gasteiger partial charge in [-0.15, -0.1) is 0 Å². The lowest BCUT2D eigenvalue weighted by molar-refractivity contribution is -0.191. The first-order chi connectivity index (χ1) is 5.68. The van der Waals surface area contributed by atoms with Crippen LogP contribution in [0.25, 0.3) is 0 Å². The second-order valence-corrected chi connectivity index (χ2v) is 3.10. The molecule has 0 aromatic carbocycles. The van der Waals surface area contributed by atoms with Gasteiger partial charge < -0.3 is 14.7 Å². The number of carboxylic acid groups (broad SMARTS) is 1. The van der Waals surface area contributed by atoms with Gasteiger partial charge in [0.25, 0.3) is 0 Å². The normalized spacial score (nSPS) is 33.3. The van der Waals surface area contributed by atoms with Crippen molar-refractivity contribution < 1.29 is 19.4 Å². The van der Waals surface area contributed by atoms with E-state index in [2.05, 4.69) is 0 Å². The summed E-state index contributed by atoms with van der Waals surface area (Å²) in [5, 5.41) is 8.63. The molecule has 2 aliphatic rings. The summed E-state index contributed by atoms with van der Waals surface area (Å²) in [5.41, 5.74) is 0. The van der Waals surface area contributed by atoms with Gasteiger partial charge in [-0.3, -0.25) is 4.79 Å². The smallest absolute Gasteiger partial charge is 0.407 e. The molecule has 66 valence electrons. The van der Waals surface area contributed by atoms with Crippen LogP contribution in [-0.4, -0.2) is 41.3 Å². The second kappa shape index (κ2) is 2.36. The monoisotopic (exact) mass is 171 g/mol. The molecule has 0 aliphatic carbocycles. The zero-order chi connectivity index (χ0) is 8.72. The second-order valence-electron chi connectivity index (χ2n) is 3.10. The van der Waals surface area contributed by atoms with E-state index in [1.807, 2.05) is 0 Å². The van der Waals surface area contributed by atoms with E-state index in [1.165, 1.54) is 4.90 Å². The molecule has 1 amide bonds. The highest BCUT2D eigenvalue weighted by Crippen LogP contribution is 2.29. The third kappa shape index (κ3) is 0.929. The SMILES string of the molecule is O=C1O[C@@H]2CCN(C(=O)O)C[C@H]12. The van der Waals surface area contributed by atoms with Crippen molar-refractivity contribution in [3.8, 4) is 0 Å². The van der Waals surface area contributed by atoms with Crippen LogP contribution < -0.4 is 0 Å². The van der Waals surface area contributed by atoms with E-state index in [4.69, 9.17) is 9.84 Å². The quantitative estimate of drug-likeness (QED) is 0.517. The largest absolute Gasteiger partial charge is 0.465 e. The van der Waals surface area contributed by atoms with Crippen molar-refractivity contribution in [2.24, 2.45) is 5.92 Å². The highest BCUT2D eigenvalue weighted by atomic mass is 16.6. The average Bonchev–Trinajstić information content (AvgIpc) is 2.02. The Hall–Kier alpha value is -1.26. The van der Waals surface area contributed by atoms with Crippen LogP contribution in [0.5, 0.6) is 0 Å². The molecule has 0 spiro atoms. The molecule has 0 bridgehead atoms. The number of nitrogens with zero attached hydrogens (tertiary/aromatic N) is 1. The summed E-state index contributed by atoms with van der Waals surface area (Å²) in [5.74, 6) is -0.458. The molecular formula is C7H9NO4. The van der Waals surface area contributed by atoms with Gasteiger partial charge in [0.2, 0.25) is 0 Å². The Morgan fingerprint density at radius 3 is 3.00 bits per heavy atom. The van der Waals surface area contributed by atoms with Crippen LogP contribution in [0.2, 0.25) is 0 Å². The van der Waals surface area contributed by atoms with Crippen LogP contribution in [0, 0.1) is 5.92 Å². The molecule has 1 N–H and O–H groups in total. The van der Waals surface area contributed by atoms with Crippen LogP contribution >= 0.6 is 0 Å². The predicted molar refractivity (Wildman–Crippen MR) is 37.6 cm³/mol. The summed E-state index contributed by atoms with van der Waals surface area (Å²) in [7, 11) is 0. The summed E-state index contributed by atoms with van der Waals surface area (Å²) < 4.78 is 4.81. The molecule has 5 heteroatoms. The maximum absolute atomic E-state index is 10.8. The lowest BCUT2D eigenvalue weighted by atomic mass is 9.90. The molecule has 0 unspecified atom stereocenters. The zero-order valence-corrected chi connectivity index (χ0v) is 6.40. The number of piperidine rings is 1. The molecule has 12 heavy (non-hydrogen) atoms. The molecule has 0 aromatic rings. The summed E-state index contributed by atoms with van der Waals surface area (Å²) >= 11 is 0. The van der Waals surface area contributed by atoms with Crippen molar-refractivity contribution in [2.45, 2.75) is 12.5 Å². The van der Waals surface area contributed by atoms with Crippen molar-refractivity contribution in [1.82, 2.24) is 4.90 Å². The first-order valence-corrected chi connectivity index (χ1v) is 3.87. The number of carbonyl (C=O) groups is 2. The third-order valence-electron chi connectivity index (χ3n) is 2.39. The lowest BCUT2D eigenvalue weighted by Gasteiger charge is -2.42. The Morgan fingerprint density at radius 2 is 2.42 bits per heavy atom. The zero-order valence-electron chi connectivity index (χ0n) is 6.40. The lowest BCUT2D eigenvalue weighted by Crippen LogP contribution is -2.57. The fourth-order valence-electron chi connectivity index (χ4n) is 1.64. The molecule has 2 aliphatic heterocycles. The minimum absolute atomic E-state index is 0.0203. The molecule has 0 radical (unpaired) electrons. The summed E-state index contributed by atoms with van der Waals surface area (Å²) in [6.07, 6.45) is -0.329. The fraction of sp³-hybridized carbons (Fsp3) is 0.714. The third-order valence-corrected chi connectivity index (χ3v) is 2.39. The van der Waals surface area contributed by atoms with Crippen LogP contribution in [0.4, 0.5) is 4.79 Å². The Kier molecular flexibility index (Phi) is 1.46. The number of likely N-dealkylation sites (tertiary alicyclic amines) is 1. The van der Waals surface area contributed by atoms with E-state index in [1.54, 1.807) is 0 Å². The average molecular weight is 171 g/mol. The van der Waals surface area contributed by atoms with Gasteiger partial charge in [-0.25, -0.2) is 4.79 Å². The molecule has 2 saturated heterocycles. The molecular weight excluding hydrogens is 162 g/mol. The molecule has 2 fully saturated rings. The topological polar surface area (TPSA) is 66.8 Å². The molecule has 5 nitrogen and oxygen atoms in total.